The maximum Gasteiger partial charge on any atom is 0.0365 e. The summed E-state index contributed by atoms with van der Waals surface area (Å²) in [4.78, 5) is 0. The molecule has 0 aromatic rings. The largest absolute Gasteiger partial charge is 0.0862 e. The molecule has 0 rings (SSSR count). The summed E-state index contributed by atoms with van der Waals surface area (Å²) in [6.45, 7) is 8.63. The molecule has 0 aliphatic heterocycles. The van der Waals surface area contributed by atoms with Gasteiger partial charge in [-0.2, -0.15) is 0 Å². The summed E-state index contributed by atoms with van der Waals surface area (Å²) in [5.41, 5.74) is 1.47. The molecule has 0 N–H and O–H groups in total. The first-order valence-corrected chi connectivity index (χ1v) is 6.63. The van der Waals surface area contributed by atoms with Gasteiger partial charge in [0.1, 0.15) is 0 Å². The molecule has 0 radical (unpaired) electrons. The SMILES string of the molecule is CC=CC(Cl)=CC(C)CC(C)=CCCCC. The second-order valence-corrected chi connectivity index (χ2v) is 4.86. The molecule has 92 valence electrons. The quantitative estimate of drug-likeness (QED) is 0.298. The van der Waals surface area contributed by atoms with Gasteiger partial charge in [-0.15, -0.1) is 0 Å². The molecule has 16 heavy (non-hydrogen) atoms. The van der Waals surface area contributed by atoms with Gasteiger partial charge in [0.05, 0.1) is 0 Å². The summed E-state index contributed by atoms with van der Waals surface area (Å²) in [7, 11) is 0. The van der Waals surface area contributed by atoms with Crippen LogP contribution in [0.3, 0.4) is 0 Å². The van der Waals surface area contributed by atoms with Crippen molar-refractivity contribution < 1.29 is 0 Å². The summed E-state index contributed by atoms with van der Waals surface area (Å²) in [6.07, 6.45) is 13.3. The molecule has 0 fully saturated rings. The third-order valence-corrected chi connectivity index (χ3v) is 2.72. The third kappa shape index (κ3) is 8.79. The van der Waals surface area contributed by atoms with Crippen molar-refractivity contribution in [2.24, 2.45) is 5.92 Å². The summed E-state index contributed by atoms with van der Waals surface area (Å²) < 4.78 is 0. The highest BCUT2D eigenvalue weighted by Gasteiger charge is 2.00. The maximum atomic E-state index is 6.04. The highest BCUT2D eigenvalue weighted by atomic mass is 35.5. The molecule has 0 nitrogen and oxygen atoms in total. The molecule has 0 aromatic carbocycles. The van der Waals surface area contributed by atoms with Crippen molar-refractivity contribution in [3.8, 4) is 0 Å². The van der Waals surface area contributed by atoms with Gasteiger partial charge in [0, 0.05) is 5.03 Å². The molecule has 1 atom stereocenters. The monoisotopic (exact) mass is 240 g/mol. The Morgan fingerprint density at radius 1 is 1.38 bits per heavy atom. The van der Waals surface area contributed by atoms with Gasteiger partial charge in [0.25, 0.3) is 0 Å². The van der Waals surface area contributed by atoms with E-state index >= 15 is 0 Å². The van der Waals surface area contributed by atoms with Gasteiger partial charge in [-0.05, 0) is 38.7 Å². The number of allylic oxidation sites excluding steroid dienone is 6. The van der Waals surface area contributed by atoms with E-state index in [0.29, 0.717) is 5.92 Å². The first-order valence-electron chi connectivity index (χ1n) is 6.25. The van der Waals surface area contributed by atoms with Gasteiger partial charge >= 0.3 is 0 Å². The number of unbranched alkanes of at least 4 members (excludes halogenated alkanes) is 2. The molecule has 1 unspecified atom stereocenters. The average Bonchev–Trinajstić information content (AvgIpc) is 2.17. The smallest absolute Gasteiger partial charge is 0.0365 e. The number of halogens is 1. The van der Waals surface area contributed by atoms with E-state index in [1.807, 2.05) is 19.1 Å². The van der Waals surface area contributed by atoms with Crippen LogP contribution in [-0.4, -0.2) is 0 Å². The predicted molar refractivity (Wildman–Crippen MR) is 75.8 cm³/mol. The van der Waals surface area contributed by atoms with E-state index in [9.17, 15) is 0 Å². The van der Waals surface area contributed by atoms with Crippen LogP contribution < -0.4 is 0 Å². The van der Waals surface area contributed by atoms with E-state index in [2.05, 4.69) is 32.9 Å². The molecule has 0 amide bonds. The zero-order chi connectivity index (χ0) is 12.4. The second kappa shape index (κ2) is 9.72. The van der Waals surface area contributed by atoms with Crippen molar-refractivity contribution in [2.45, 2.75) is 53.4 Å². The van der Waals surface area contributed by atoms with Crippen LogP contribution in [0.5, 0.6) is 0 Å². The molecule has 0 saturated heterocycles. The zero-order valence-corrected chi connectivity index (χ0v) is 11.8. The molecule has 0 heterocycles. The summed E-state index contributed by atoms with van der Waals surface area (Å²) >= 11 is 6.04. The number of rotatable bonds is 7. The van der Waals surface area contributed by atoms with Crippen molar-refractivity contribution in [2.75, 3.05) is 0 Å². The van der Waals surface area contributed by atoms with Gasteiger partial charge < -0.3 is 0 Å². The molecule has 0 aliphatic carbocycles. The van der Waals surface area contributed by atoms with Crippen molar-refractivity contribution in [3.63, 3.8) is 0 Å². The first-order chi connectivity index (χ1) is 7.60. The zero-order valence-electron chi connectivity index (χ0n) is 11.1. The highest BCUT2D eigenvalue weighted by Crippen LogP contribution is 2.17. The lowest BCUT2D eigenvalue weighted by Crippen LogP contribution is -1.91. The maximum absolute atomic E-state index is 6.04. The van der Waals surface area contributed by atoms with E-state index < -0.39 is 0 Å². The van der Waals surface area contributed by atoms with Gasteiger partial charge in [-0.25, -0.2) is 0 Å². The van der Waals surface area contributed by atoms with Crippen LogP contribution in [-0.2, 0) is 0 Å². The fourth-order valence-electron chi connectivity index (χ4n) is 1.69. The predicted octanol–water partition coefficient (Wildman–Crippen LogP) is 5.85. The Hall–Kier alpha value is -0.490. The van der Waals surface area contributed by atoms with Crippen molar-refractivity contribution in [3.05, 3.63) is 34.9 Å². The number of hydrogen-bond acceptors (Lipinski definition) is 0. The standard InChI is InChI=1S/C15H25Cl/c1-5-7-8-10-13(3)11-14(4)12-15(16)9-6-2/h6,9-10,12,14H,5,7-8,11H2,1-4H3. The van der Waals surface area contributed by atoms with Gasteiger partial charge in [0.15, 0.2) is 0 Å². The van der Waals surface area contributed by atoms with Crippen LogP contribution in [0.25, 0.3) is 0 Å². The first kappa shape index (κ1) is 15.5. The molecular formula is C15H25Cl. The topological polar surface area (TPSA) is 0 Å². The van der Waals surface area contributed by atoms with Crippen LogP contribution in [0.2, 0.25) is 0 Å². The van der Waals surface area contributed by atoms with Crippen molar-refractivity contribution in [1.29, 1.82) is 0 Å². The van der Waals surface area contributed by atoms with E-state index in [4.69, 9.17) is 11.6 Å². The van der Waals surface area contributed by atoms with Crippen molar-refractivity contribution >= 4 is 11.6 Å². The van der Waals surface area contributed by atoms with E-state index in [1.165, 1.54) is 24.8 Å². The van der Waals surface area contributed by atoms with E-state index in [1.54, 1.807) is 0 Å². The molecule has 0 aliphatic rings. The van der Waals surface area contributed by atoms with Gasteiger partial charge in [-0.1, -0.05) is 62.1 Å². The Labute approximate surface area is 106 Å². The second-order valence-electron chi connectivity index (χ2n) is 4.43. The van der Waals surface area contributed by atoms with Crippen molar-refractivity contribution in [1.82, 2.24) is 0 Å². The Morgan fingerprint density at radius 3 is 2.62 bits per heavy atom. The molecule has 0 aromatic heterocycles. The fraction of sp³-hybridized carbons (Fsp3) is 0.600. The summed E-state index contributed by atoms with van der Waals surface area (Å²) in [5.74, 6) is 0.515. The molecular weight excluding hydrogens is 216 g/mol. The summed E-state index contributed by atoms with van der Waals surface area (Å²) in [5, 5.41) is 0.844. The van der Waals surface area contributed by atoms with Gasteiger partial charge in [0.2, 0.25) is 0 Å². The van der Waals surface area contributed by atoms with Crippen LogP contribution in [0.4, 0.5) is 0 Å². The van der Waals surface area contributed by atoms with E-state index in [-0.39, 0.29) is 0 Å². The molecule has 1 heteroatoms. The Bertz CT molecular complexity index is 259. The summed E-state index contributed by atoms with van der Waals surface area (Å²) in [6, 6.07) is 0. The van der Waals surface area contributed by atoms with Crippen LogP contribution in [0.15, 0.2) is 34.9 Å². The van der Waals surface area contributed by atoms with E-state index in [0.717, 1.165) is 11.5 Å². The minimum atomic E-state index is 0.515. The lowest BCUT2D eigenvalue weighted by molar-refractivity contribution is 0.707. The van der Waals surface area contributed by atoms with Crippen LogP contribution in [0.1, 0.15) is 53.4 Å². The fourth-order valence-corrected chi connectivity index (χ4v) is 2.03. The third-order valence-electron chi connectivity index (χ3n) is 2.46. The van der Waals surface area contributed by atoms with Crippen LogP contribution >= 0.6 is 11.6 Å². The van der Waals surface area contributed by atoms with Gasteiger partial charge in [-0.3, -0.25) is 0 Å². The van der Waals surface area contributed by atoms with Crippen LogP contribution in [0, 0.1) is 5.92 Å². The molecule has 0 saturated carbocycles. The highest BCUT2D eigenvalue weighted by molar-refractivity contribution is 6.31. The lowest BCUT2D eigenvalue weighted by atomic mass is 10.0. The minimum absolute atomic E-state index is 0.515. The molecule has 0 spiro atoms. The lowest BCUT2D eigenvalue weighted by Gasteiger charge is -2.07. The number of hydrogen-bond donors (Lipinski definition) is 0. The average molecular weight is 241 g/mol. The normalized spacial score (nSPS) is 15.8. The molecule has 0 bridgehead atoms. The Balaban J connectivity index is 4.08. The Kier molecular flexibility index (Phi) is 9.42. The minimum Gasteiger partial charge on any atom is -0.0862 e. The Morgan fingerprint density at radius 2 is 2.06 bits per heavy atom.